The average Bonchev–Trinajstić information content (AvgIpc) is 3.22. The van der Waals surface area contributed by atoms with Crippen molar-refractivity contribution in [1.82, 2.24) is 19.7 Å². The molecule has 32 heavy (non-hydrogen) atoms. The molecule has 4 rings (SSSR count). The van der Waals surface area contributed by atoms with Crippen molar-refractivity contribution in [3.63, 3.8) is 0 Å². The van der Waals surface area contributed by atoms with Crippen molar-refractivity contribution in [3.05, 3.63) is 71.5 Å². The van der Waals surface area contributed by atoms with Crippen LogP contribution in [0.25, 0.3) is 5.69 Å². The van der Waals surface area contributed by atoms with Crippen LogP contribution in [0.15, 0.2) is 59.8 Å². The number of aromatic nitrogens is 3. The Hall–Kier alpha value is -2.60. The lowest BCUT2D eigenvalue weighted by Crippen LogP contribution is -2.35. The third-order valence-corrected chi connectivity index (χ3v) is 7.00. The van der Waals surface area contributed by atoms with E-state index in [1.54, 1.807) is 11.8 Å². The Labute approximate surface area is 195 Å². The van der Waals surface area contributed by atoms with Gasteiger partial charge in [0.05, 0.1) is 5.69 Å². The van der Waals surface area contributed by atoms with Gasteiger partial charge in [0.15, 0.2) is 5.16 Å². The lowest BCUT2D eigenvalue weighted by molar-refractivity contribution is -0.132. The molecule has 2 aromatic carbocycles. The highest BCUT2D eigenvalue weighted by Gasteiger charge is 2.17. The summed E-state index contributed by atoms with van der Waals surface area (Å²) in [6, 6.07) is 18.8. The van der Waals surface area contributed by atoms with Crippen LogP contribution in [-0.4, -0.2) is 44.4 Å². The molecule has 6 heteroatoms. The molecule has 0 aliphatic carbocycles. The number of carbonyl (C=O) groups excluding carboxylic acids is 1. The number of aryl methyl sites for hydroxylation is 1. The molecule has 0 saturated carbocycles. The van der Waals surface area contributed by atoms with Crippen molar-refractivity contribution in [2.24, 2.45) is 0 Å². The molecule has 0 spiro atoms. The number of amides is 1. The summed E-state index contributed by atoms with van der Waals surface area (Å²) in [7, 11) is 0. The van der Waals surface area contributed by atoms with Crippen molar-refractivity contribution in [1.29, 1.82) is 0 Å². The molecule has 168 valence electrons. The predicted molar refractivity (Wildman–Crippen MR) is 130 cm³/mol. The summed E-state index contributed by atoms with van der Waals surface area (Å²) in [5, 5.41) is 10.0. The Morgan fingerprint density at radius 1 is 0.938 bits per heavy atom. The number of unbranched alkanes of at least 4 members (excludes halogenated alkanes) is 1. The van der Waals surface area contributed by atoms with Crippen molar-refractivity contribution >= 4 is 17.7 Å². The fraction of sp³-hybridized carbons (Fsp3) is 0.423. The lowest BCUT2D eigenvalue weighted by Gasteiger charge is -2.26. The number of hydrogen-bond donors (Lipinski definition) is 0. The SMILES string of the molecule is Cc1ccccc1-n1c(Cc2ccccc2)nnc1SCCCCC(=O)N1CCCCC1. The maximum Gasteiger partial charge on any atom is 0.222 e. The fourth-order valence-electron chi connectivity index (χ4n) is 4.19. The van der Waals surface area contributed by atoms with E-state index in [0.717, 1.165) is 67.6 Å². The van der Waals surface area contributed by atoms with Crippen LogP contribution in [0.3, 0.4) is 0 Å². The van der Waals surface area contributed by atoms with Crippen molar-refractivity contribution in [2.75, 3.05) is 18.8 Å². The van der Waals surface area contributed by atoms with Gasteiger partial charge in [-0.3, -0.25) is 9.36 Å². The molecule has 1 aromatic heterocycles. The second-order valence-electron chi connectivity index (χ2n) is 8.43. The molecule has 1 aliphatic rings. The van der Waals surface area contributed by atoms with Gasteiger partial charge in [0.25, 0.3) is 0 Å². The number of para-hydroxylation sites is 1. The standard InChI is InChI=1S/C26H32N4OS/c1-21-12-6-7-15-23(21)30-24(20-22-13-4-2-5-14-22)27-28-26(30)32-19-11-8-16-25(31)29-17-9-3-10-18-29/h2,4-7,12-15H,3,8-11,16-20H2,1H3. The van der Waals surface area contributed by atoms with Crippen molar-refractivity contribution in [2.45, 2.75) is 57.0 Å². The summed E-state index contributed by atoms with van der Waals surface area (Å²) in [5.41, 5.74) is 3.56. The molecule has 0 bridgehead atoms. The minimum atomic E-state index is 0.322. The molecule has 1 aliphatic heterocycles. The summed E-state index contributed by atoms with van der Waals surface area (Å²) >= 11 is 1.73. The average molecular weight is 449 g/mol. The molecule has 0 N–H and O–H groups in total. The zero-order chi connectivity index (χ0) is 22.2. The highest BCUT2D eigenvalue weighted by Crippen LogP contribution is 2.26. The number of likely N-dealkylation sites (tertiary alicyclic amines) is 1. The van der Waals surface area contributed by atoms with Crippen LogP contribution in [0.4, 0.5) is 0 Å². The van der Waals surface area contributed by atoms with Gasteiger partial charge in [-0.2, -0.15) is 0 Å². The summed E-state index contributed by atoms with van der Waals surface area (Å²) in [6.07, 6.45) is 6.89. The van der Waals surface area contributed by atoms with Crippen LogP contribution in [0.5, 0.6) is 0 Å². The van der Waals surface area contributed by atoms with Gasteiger partial charge in [-0.25, -0.2) is 0 Å². The van der Waals surface area contributed by atoms with E-state index >= 15 is 0 Å². The number of carbonyl (C=O) groups is 1. The minimum Gasteiger partial charge on any atom is -0.343 e. The van der Waals surface area contributed by atoms with Crippen LogP contribution >= 0.6 is 11.8 Å². The lowest BCUT2D eigenvalue weighted by atomic mass is 10.1. The van der Waals surface area contributed by atoms with Gasteiger partial charge < -0.3 is 4.90 Å². The number of nitrogens with zero attached hydrogens (tertiary/aromatic N) is 4. The Morgan fingerprint density at radius 3 is 2.47 bits per heavy atom. The number of piperidine rings is 1. The molecule has 1 amide bonds. The van der Waals surface area contributed by atoms with Gasteiger partial charge in [0.1, 0.15) is 5.82 Å². The Balaban J connectivity index is 1.39. The van der Waals surface area contributed by atoms with Crippen LogP contribution in [-0.2, 0) is 11.2 Å². The van der Waals surface area contributed by atoms with Gasteiger partial charge >= 0.3 is 0 Å². The number of hydrogen-bond acceptors (Lipinski definition) is 4. The molecule has 1 saturated heterocycles. The molecule has 3 aromatic rings. The van der Waals surface area contributed by atoms with E-state index in [1.807, 2.05) is 11.0 Å². The second kappa shape index (κ2) is 11.3. The van der Waals surface area contributed by atoms with Crippen molar-refractivity contribution < 1.29 is 4.79 Å². The molecule has 1 fully saturated rings. The number of benzene rings is 2. The predicted octanol–water partition coefficient (Wildman–Crippen LogP) is 5.44. The van der Waals surface area contributed by atoms with E-state index in [9.17, 15) is 4.79 Å². The summed E-state index contributed by atoms with van der Waals surface area (Å²) in [5.74, 6) is 2.21. The zero-order valence-corrected chi connectivity index (χ0v) is 19.7. The van der Waals surface area contributed by atoms with Crippen molar-refractivity contribution in [3.8, 4) is 5.69 Å². The third kappa shape index (κ3) is 5.80. The third-order valence-electron chi connectivity index (χ3n) is 5.99. The van der Waals surface area contributed by atoms with E-state index in [2.05, 4.69) is 70.2 Å². The Bertz CT molecular complexity index is 1010. The van der Waals surface area contributed by atoms with E-state index in [-0.39, 0.29) is 0 Å². The first-order valence-corrected chi connectivity index (χ1v) is 12.7. The maximum absolute atomic E-state index is 12.4. The van der Waals surface area contributed by atoms with Gasteiger partial charge in [0, 0.05) is 31.7 Å². The molecule has 5 nitrogen and oxygen atoms in total. The Morgan fingerprint density at radius 2 is 1.69 bits per heavy atom. The summed E-state index contributed by atoms with van der Waals surface area (Å²) < 4.78 is 2.20. The summed E-state index contributed by atoms with van der Waals surface area (Å²) in [6.45, 7) is 4.01. The molecule has 2 heterocycles. The largest absolute Gasteiger partial charge is 0.343 e. The van der Waals surface area contributed by atoms with Crippen LogP contribution in [0, 0.1) is 6.92 Å². The minimum absolute atomic E-state index is 0.322. The number of thioether (sulfide) groups is 1. The summed E-state index contributed by atoms with van der Waals surface area (Å²) in [4.78, 5) is 14.4. The highest BCUT2D eigenvalue weighted by molar-refractivity contribution is 7.99. The smallest absolute Gasteiger partial charge is 0.222 e. The molecule has 0 unspecified atom stereocenters. The second-order valence-corrected chi connectivity index (χ2v) is 9.49. The van der Waals surface area contributed by atoms with Gasteiger partial charge in [-0.05, 0) is 56.2 Å². The molecule has 0 radical (unpaired) electrons. The maximum atomic E-state index is 12.4. The van der Waals surface area contributed by atoms with Gasteiger partial charge in [-0.15, -0.1) is 10.2 Å². The fourth-order valence-corrected chi connectivity index (χ4v) is 5.15. The van der Waals surface area contributed by atoms with Crippen LogP contribution in [0.1, 0.15) is 55.5 Å². The topological polar surface area (TPSA) is 51.0 Å². The van der Waals surface area contributed by atoms with Crippen LogP contribution in [0.2, 0.25) is 0 Å². The van der Waals surface area contributed by atoms with E-state index in [0.29, 0.717) is 12.3 Å². The molecule has 0 atom stereocenters. The van der Waals surface area contributed by atoms with Gasteiger partial charge in [-0.1, -0.05) is 60.3 Å². The van der Waals surface area contributed by atoms with Gasteiger partial charge in [0.2, 0.25) is 5.91 Å². The Kier molecular flexibility index (Phi) is 7.99. The normalized spacial score (nSPS) is 14.0. The first-order chi connectivity index (χ1) is 15.7. The first-order valence-electron chi connectivity index (χ1n) is 11.7. The highest BCUT2D eigenvalue weighted by atomic mass is 32.2. The van der Waals surface area contributed by atoms with E-state index in [4.69, 9.17) is 0 Å². The monoisotopic (exact) mass is 448 g/mol. The van der Waals surface area contributed by atoms with Crippen LogP contribution < -0.4 is 0 Å². The molecular weight excluding hydrogens is 416 g/mol. The van der Waals surface area contributed by atoms with E-state index < -0.39 is 0 Å². The van der Waals surface area contributed by atoms with E-state index in [1.165, 1.54) is 17.5 Å². The quantitative estimate of drug-likeness (QED) is 0.323. The zero-order valence-electron chi connectivity index (χ0n) is 18.9. The number of rotatable bonds is 9. The first kappa shape index (κ1) is 22.6. The molecular formula is C26H32N4OS.